The maximum absolute atomic E-state index is 12.6. The van der Waals surface area contributed by atoms with Gasteiger partial charge < -0.3 is 10.1 Å². The molecule has 0 bridgehead atoms. The second-order valence-electron chi connectivity index (χ2n) is 6.03. The Morgan fingerprint density at radius 3 is 2.15 bits per heavy atom. The van der Waals surface area contributed by atoms with Gasteiger partial charge >= 0.3 is 0 Å². The Balaban J connectivity index is 1.74. The van der Waals surface area contributed by atoms with E-state index in [1.165, 1.54) is 13.2 Å². The Bertz CT molecular complexity index is 1030. The van der Waals surface area contributed by atoms with Crippen LogP contribution in [-0.2, 0) is 10.0 Å². The van der Waals surface area contributed by atoms with E-state index in [1.54, 1.807) is 31.2 Å². The third-order valence-corrected chi connectivity index (χ3v) is 5.41. The first-order valence-electron chi connectivity index (χ1n) is 8.22. The lowest BCUT2D eigenvalue weighted by atomic mass is 10.2. The van der Waals surface area contributed by atoms with Crippen molar-refractivity contribution in [3.63, 3.8) is 0 Å². The molecular weight excluding hydrogens is 364 g/mol. The van der Waals surface area contributed by atoms with E-state index < -0.39 is 10.0 Å². The highest BCUT2D eigenvalue weighted by molar-refractivity contribution is 7.92. The molecule has 3 rings (SSSR count). The Kier molecular flexibility index (Phi) is 5.27. The zero-order chi connectivity index (χ0) is 19.4. The van der Waals surface area contributed by atoms with Crippen LogP contribution >= 0.6 is 0 Å². The van der Waals surface area contributed by atoms with Crippen LogP contribution in [-0.4, -0.2) is 25.7 Å². The van der Waals surface area contributed by atoms with Gasteiger partial charge in [0.2, 0.25) is 0 Å². The zero-order valence-corrected chi connectivity index (χ0v) is 16.0. The minimum absolute atomic E-state index is 0.139. The summed E-state index contributed by atoms with van der Waals surface area (Å²) in [5, 5.41) is 11.1. The van der Waals surface area contributed by atoms with Gasteiger partial charge in [-0.05, 0) is 61.9 Å². The number of nitrogens with zero attached hydrogens (tertiary/aromatic N) is 2. The monoisotopic (exact) mass is 384 g/mol. The van der Waals surface area contributed by atoms with Crippen molar-refractivity contribution in [2.45, 2.75) is 18.7 Å². The van der Waals surface area contributed by atoms with Crippen LogP contribution in [0.1, 0.15) is 11.1 Å². The molecule has 0 aliphatic heterocycles. The van der Waals surface area contributed by atoms with Crippen molar-refractivity contribution in [3.05, 3.63) is 65.7 Å². The van der Waals surface area contributed by atoms with Gasteiger partial charge in [0.25, 0.3) is 10.0 Å². The molecule has 140 valence electrons. The molecule has 0 aliphatic carbocycles. The molecule has 2 aromatic carbocycles. The lowest BCUT2D eigenvalue weighted by molar-refractivity contribution is 0.414. The van der Waals surface area contributed by atoms with Crippen LogP contribution in [0.3, 0.4) is 0 Å². The molecule has 0 saturated carbocycles. The van der Waals surface area contributed by atoms with Crippen LogP contribution in [0.2, 0.25) is 0 Å². The predicted octanol–water partition coefficient (Wildman–Crippen LogP) is 3.65. The SMILES string of the molecule is COc1ccc(S(=O)(=O)Nc2ccc(Nc3ccc(C)cc3)nn2)c(C)c1. The van der Waals surface area contributed by atoms with E-state index in [9.17, 15) is 8.42 Å². The number of rotatable bonds is 6. The Morgan fingerprint density at radius 2 is 1.56 bits per heavy atom. The van der Waals surface area contributed by atoms with Gasteiger partial charge in [-0.25, -0.2) is 8.42 Å². The van der Waals surface area contributed by atoms with Crippen molar-refractivity contribution in [1.82, 2.24) is 10.2 Å². The van der Waals surface area contributed by atoms with Crippen molar-refractivity contribution in [2.24, 2.45) is 0 Å². The van der Waals surface area contributed by atoms with E-state index >= 15 is 0 Å². The molecule has 1 aromatic heterocycles. The largest absolute Gasteiger partial charge is 0.497 e. The van der Waals surface area contributed by atoms with Crippen LogP contribution in [0, 0.1) is 13.8 Å². The molecule has 0 unspecified atom stereocenters. The molecule has 0 radical (unpaired) electrons. The van der Waals surface area contributed by atoms with Gasteiger partial charge in [-0.3, -0.25) is 4.72 Å². The summed E-state index contributed by atoms with van der Waals surface area (Å²) in [4.78, 5) is 0.159. The topological polar surface area (TPSA) is 93.2 Å². The summed E-state index contributed by atoms with van der Waals surface area (Å²) in [5.41, 5.74) is 2.61. The van der Waals surface area contributed by atoms with Crippen molar-refractivity contribution < 1.29 is 13.2 Å². The average Bonchev–Trinajstić information content (AvgIpc) is 2.64. The van der Waals surface area contributed by atoms with E-state index in [-0.39, 0.29) is 10.7 Å². The number of anilines is 3. The molecule has 0 fully saturated rings. The molecule has 0 spiro atoms. The standard InChI is InChI=1S/C19H20N4O3S/c1-13-4-6-15(7-5-13)20-18-10-11-19(22-21-18)23-27(24,25)17-9-8-16(26-3)12-14(17)2/h4-12H,1-3H3,(H,20,21)(H,22,23). The molecule has 2 N–H and O–H groups in total. The summed E-state index contributed by atoms with van der Waals surface area (Å²) < 4.78 is 32.7. The molecule has 3 aromatic rings. The third kappa shape index (κ3) is 4.53. The Hall–Kier alpha value is -3.13. The van der Waals surface area contributed by atoms with Gasteiger partial charge in [0.05, 0.1) is 12.0 Å². The van der Waals surface area contributed by atoms with Crippen LogP contribution in [0.5, 0.6) is 5.75 Å². The summed E-state index contributed by atoms with van der Waals surface area (Å²) in [6.45, 7) is 3.71. The zero-order valence-electron chi connectivity index (χ0n) is 15.2. The highest BCUT2D eigenvalue weighted by atomic mass is 32.2. The molecule has 1 heterocycles. The first kappa shape index (κ1) is 18.7. The predicted molar refractivity (Wildman–Crippen MR) is 105 cm³/mol. The van der Waals surface area contributed by atoms with Crippen LogP contribution < -0.4 is 14.8 Å². The average molecular weight is 384 g/mol. The Labute approximate surface area is 158 Å². The van der Waals surface area contributed by atoms with Gasteiger partial charge in [-0.2, -0.15) is 0 Å². The van der Waals surface area contributed by atoms with Gasteiger partial charge in [-0.1, -0.05) is 17.7 Å². The molecule has 7 nitrogen and oxygen atoms in total. The molecular formula is C19H20N4O3S. The van der Waals surface area contributed by atoms with Crippen molar-refractivity contribution in [1.29, 1.82) is 0 Å². The smallest absolute Gasteiger partial charge is 0.263 e. The Morgan fingerprint density at radius 1 is 0.889 bits per heavy atom. The number of hydrogen-bond acceptors (Lipinski definition) is 6. The number of hydrogen-bond donors (Lipinski definition) is 2. The highest BCUT2D eigenvalue weighted by Gasteiger charge is 2.18. The van der Waals surface area contributed by atoms with Crippen molar-refractivity contribution in [2.75, 3.05) is 17.1 Å². The third-order valence-electron chi connectivity index (χ3n) is 3.90. The van der Waals surface area contributed by atoms with Gasteiger partial charge in [0, 0.05) is 5.69 Å². The normalized spacial score (nSPS) is 11.1. The van der Waals surface area contributed by atoms with Gasteiger partial charge in [0.15, 0.2) is 11.6 Å². The lowest BCUT2D eigenvalue weighted by Gasteiger charge is -2.11. The number of aromatic nitrogens is 2. The second kappa shape index (κ2) is 7.63. The lowest BCUT2D eigenvalue weighted by Crippen LogP contribution is -2.15. The number of nitrogens with one attached hydrogen (secondary N) is 2. The number of aryl methyl sites for hydroxylation is 2. The summed E-state index contributed by atoms with van der Waals surface area (Å²) in [6.07, 6.45) is 0. The fraction of sp³-hybridized carbons (Fsp3) is 0.158. The van der Waals surface area contributed by atoms with E-state index in [2.05, 4.69) is 20.2 Å². The fourth-order valence-electron chi connectivity index (χ4n) is 2.48. The van der Waals surface area contributed by atoms with Crippen LogP contribution in [0.25, 0.3) is 0 Å². The highest BCUT2D eigenvalue weighted by Crippen LogP contribution is 2.23. The van der Waals surface area contributed by atoms with E-state index in [1.807, 2.05) is 31.2 Å². The van der Waals surface area contributed by atoms with Gasteiger partial charge in [0.1, 0.15) is 5.75 Å². The summed E-state index contributed by atoms with van der Waals surface area (Å²) in [7, 11) is -2.24. The van der Waals surface area contributed by atoms with Gasteiger partial charge in [-0.15, -0.1) is 10.2 Å². The summed E-state index contributed by atoms with van der Waals surface area (Å²) >= 11 is 0. The molecule has 8 heteroatoms. The number of benzene rings is 2. The molecule has 27 heavy (non-hydrogen) atoms. The van der Waals surface area contributed by atoms with E-state index in [4.69, 9.17) is 4.74 Å². The van der Waals surface area contributed by atoms with E-state index in [0.29, 0.717) is 17.1 Å². The summed E-state index contributed by atoms with van der Waals surface area (Å²) in [5.74, 6) is 1.25. The number of methoxy groups -OCH3 is 1. The van der Waals surface area contributed by atoms with E-state index in [0.717, 1.165) is 11.3 Å². The molecule has 0 saturated heterocycles. The minimum atomic E-state index is -3.77. The second-order valence-corrected chi connectivity index (χ2v) is 7.68. The first-order valence-corrected chi connectivity index (χ1v) is 9.70. The van der Waals surface area contributed by atoms with Crippen molar-refractivity contribution >= 4 is 27.3 Å². The molecule has 0 amide bonds. The number of ether oxygens (including phenoxy) is 1. The summed E-state index contributed by atoms with van der Waals surface area (Å²) in [6, 6.07) is 15.8. The first-order chi connectivity index (χ1) is 12.9. The van der Waals surface area contributed by atoms with Crippen LogP contribution in [0.4, 0.5) is 17.3 Å². The van der Waals surface area contributed by atoms with Crippen molar-refractivity contribution in [3.8, 4) is 5.75 Å². The molecule has 0 aliphatic rings. The minimum Gasteiger partial charge on any atom is -0.497 e. The maximum atomic E-state index is 12.6. The number of sulfonamides is 1. The maximum Gasteiger partial charge on any atom is 0.263 e. The molecule has 0 atom stereocenters. The van der Waals surface area contributed by atoms with Crippen LogP contribution in [0.15, 0.2) is 59.5 Å². The fourth-order valence-corrected chi connectivity index (χ4v) is 3.71. The quantitative estimate of drug-likeness (QED) is 0.674.